The number of hydrogen-bond donors (Lipinski definition) is 0. The van der Waals surface area contributed by atoms with E-state index in [1.807, 2.05) is 12.1 Å². The molecule has 0 aliphatic rings. The minimum absolute atomic E-state index is 0.695. The lowest BCUT2D eigenvalue weighted by Crippen LogP contribution is -1.94. The normalized spacial score (nSPS) is 12.1. The van der Waals surface area contributed by atoms with Gasteiger partial charge >= 0.3 is 0 Å². The van der Waals surface area contributed by atoms with Gasteiger partial charge in [0, 0.05) is 32.0 Å². The van der Waals surface area contributed by atoms with E-state index < -0.39 is 0 Å². The van der Waals surface area contributed by atoms with Crippen molar-refractivity contribution in [3.8, 4) is 33.8 Å². The first kappa shape index (κ1) is 29.7. The Bertz CT molecular complexity index is 3520. The molecule has 3 aromatic heterocycles. The second kappa shape index (κ2) is 11.3. The summed E-state index contributed by atoms with van der Waals surface area (Å²) in [7, 11) is 0. The number of hydrogen-bond acceptors (Lipinski definition) is 4. The summed E-state index contributed by atoms with van der Waals surface area (Å²) in [6.07, 6.45) is 0. The van der Waals surface area contributed by atoms with Crippen LogP contribution in [0.3, 0.4) is 0 Å². The first-order valence-electron chi connectivity index (χ1n) is 18.2. The van der Waals surface area contributed by atoms with Gasteiger partial charge in [-0.05, 0) is 90.6 Å². The van der Waals surface area contributed by atoms with E-state index in [2.05, 4.69) is 158 Å². The summed E-state index contributed by atoms with van der Waals surface area (Å²) in [5.41, 5.74) is 7.91. The van der Waals surface area contributed by atoms with Crippen molar-refractivity contribution in [2.45, 2.75) is 0 Å². The van der Waals surface area contributed by atoms with Crippen molar-refractivity contribution in [3.05, 3.63) is 170 Å². The van der Waals surface area contributed by atoms with Crippen LogP contribution in [0.15, 0.2) is 174 Å². The predicted octanol–water partition coefficient (Wildman–Crippen LogP) is 14.4. The van der Waals surface area contributed by atoms with E-state index in [1.54, 1.807) is 11.3 Å². The SMILES string of the molecule is c1ccc2cc(-c3nc(-c4cccc5oc6cc(-c7ccc8c(ccc9c%10ccccc%10ccc89)c7)ccc6c45)nc4c3sc3ccccc34)ccc2c1. The van der Waals surface area contributed by atoms with Crippen LogP contribution in [0.4, 0.5) is 0 Å². The largest absolute Gasteiger partial charge is 0.456 e. The average Bonchev–Trinajstić information content (AvgIpc) is 3.81. The highest BCUT2D eigenvalue weighted by Gasteiger charge is 2.20. The predicted molar refractivity (Wildman–Crippen MR) is 229 cm³/mol. The fourth-order valence-electron chi connectivity index (χ4n) is 8.44. The fraction of sp³-hybridized carbons (Fsp3) is 0. The molecular weight excluding hydrogens is 677 g/mol. The van der Waals surface area contributed by atoms with Crippen molar-refractivity contribution in [3.63, 3.8) is 0 Å². The van der Waals surface area contributed by atoms with Crippen molar-refractivity contribution in [1.29, 1.82) is 0 Å². The number of rotatable bonds is 3. The molecule has 12 rings (SSSR count). The Kier molecular flexibility index (Phi) is 6.21. The van der Waals surface area contributed by atoms with E-state index in [0.29, 0.717) is 5.82 Å². The minimum atomic E-state index is 0.695. The average molecular weight is 705 g/mol. The standard InChI is InChI=1S/C50H28N2OS/c1-2-10-31-27-35(17-16-29(31)8-1)47-49-48(41-12-5-6-15-45(41)54-49)52-50(51-47)42-13-7-14-43-46(42)40-25-20-33(28-44(40)53-43)32-19-22-37-34(26-32)21-24-38-36-11-4-3-9-30(36)18-23-39(37)38/h1-28H. The van der Waals surface area contributed by atoms with Gasteiger partial charge in [0.1, 0.15) is 11.2 Å². The molecule has 0 fully saturated rings. The quantitative estimate of drug-likeness (QED) is 0.172. The highest BCUT2D eigenvalue weighted by Crippen LogP contribution is 2.43. The van der Waals surface area contributed by atoms with Crippen molar-refractivity contribution < 1.29 is 4.42 Å². The third-order valence-corrected chi connectivity index (χ3v) is 12.2. The summed E-state index contributed by atoms with van der Waals surface area (Å²) in [4.78, 5) is 10.7. The van der Waals surface area contributed by atoms with E-state index in [9.17, 15) is 0 Å². The lowest BCUT2D eigenvalue weighted by atomic mass is 9.94. The molecule has 0 spiro atoms. The summed E-state index contributed by atoms with van der Waals surface area (Å²) in [5, 5.41) is 13.2. The molecule has 0 N–H and O–H groups in total. The summed E-state index contributed by atoms with van der Waals surface area (Å²) >= 11 is 1.76. The van der Waals surface area contributed by atoms with Gasteiger partial charge in [0.05, 0.1) is 15.9 Å². The molecule has 0 bridgehead atoms. The monoisotopic (exact) mass is 704 g/mol. The van der Waals surface area contributed by atoms with Gasteiger partial charge in [-0.15, -0.1) is 11.3 Å². The summed E-state index contributed by atoms with van der Waals surface area (Å²) < 4.78 is 8.92. The van der Waals surface area contributed by atoms with Crippen LogP contribution in [0.5, 0.6) is 0 Å². The molecule has 0 radical (unpaired) electrons. The molecule has 12 aromatic rings. The second-order valence-corrected chi connectivity index (χ2v) is 15.2. The van der Waals surface area contributed by atoms with Crippen molar-refractivity contribution in [2.24, 2.45) is 0 Å². The Morgan fingerprint density at radius 1 is 0.407 bits per heavy atom. The lowest BCUT2D eigenvalue weighted by molar-refractivity contribution is 0.669. The minimum Gasteiger partial charge on any atom is -0.456 e. The van der Waals surface area contributed by atoms with E-state index in [4.69, 9.17) is 14.4 Å². The van der Waals surface area contributed by atoms with Crippen LogP contribution in [0, 0.1) is 0 Å². The van der Waals surface area contributed by atoms with E-state index in [1.165, 1.54) is 47.8 Å². The van der Waals surface area contributed by atoms with Gasteiger partial charge in [0.15, 0.2) is 5.82 Å². The van der Waals surface area contributed by atoms with Gasteiger partial charge in [0.2, 0.25) is 0 Å². The Morgan fingerprint density at radius 3 is 1.94 bits per heavy atom. The number of aromatic nitrogens is 2. The molecule has 250 valence electrons. The lowest BCUT2D eigenvalue weighted by Gasteiger charge is -2.10. The summed E-state index contributed by atoms with van der Waals surface area (Å²) in [5.74, 6) is 0.695. The van der Waals surface area contributed by atoms with Crippen LogP contribution < -0.4 is 0 Å². The van der Waals surface area contributed by atoms with Crippen LogP contribution >= 0.6 is 11.3 Å². The van der Waals surface area contributed by atoms with E-state index in [-0.39, 0.29) is 0 Å². The molecule has 3 heterocycles. The Morgan fingerprint density at radius 2 is 1.06 bits per heavy atom. The number of benzene rings is 9. The second-order valence-electron chi connectivity index (χ2n) is 14.1. The van der Waals surface area contributed by atoms with Crippen LogP contribution in [-0.2, 0) is 0 Å². The zero-order chi connectivity index (χ0) is 35.3. The number of fused-ring (bicyclic) bond motifs is 12. The first-order chi connectivity index (χ1) is 26.7. The van der Waals surface area contributed by atoms with Gasteiger partial charge in [-0.25, -0.2) is 9.97 Å². The number of thiophene rings is 1. The van der Waals surface area contributed by atoms with Crippen LogP contribution in [-0.4, -0.2) is 9.97 Å². The van der Waals surface area contributed by atoms with Crippen LogP contribution in [0.25, 0.3) is 119 Å². The molecule has 0 unspecified atom stereocenters. The number of furan rings is 1. The molecule has 0 aliphatic carbocycles. The maximum Gasteiger partial charge on any atom is 0.161 e. The maximum atomic E-state index is 6.62. The highest BCUT2D eigenvalue weighted by atomic mass is 32.1. The van der Waals surface area contributed by atoms with Crippen LogP contribution in [0.1, 0.15) is 0 Å². The molecule has 0 atom stereocenters. The van der Waals surface area contributed by atoms with Crippen molar-refractivity contribution in [1.82, 2.24) is 9.97 Å². The fourth-order valence-corrected chi connectivity index (χ4v) is 9.60. The van der Waals surface area contributed by atoms with Crippen molar-refractivity contribution in [2.75, 3.05) is 0 Å². The summed E-state index contributed by atoms with van der Waals surface area (Å²) in [6.45, 7) is 0. The smallest absolute Gasteiger partial charge is 0.161 e. The molecule has 3 nitrogen and oxygen atoms in total. The van der Waals surface area contributed by atoms with Crippen molar-refractivity contribution >= 4 is 96.7 Å². The van der Waals surface area contributed by atoms with Gasteiger partial charge in [-0.1, -0.05) is 133 Å². The molecular formula is C50H28N2OS. The molecule has 0 saturated carbocycles. The van der Waals surface area contributed by atoms with Crippen LogP contribution in [0.2, 0.25) is 0 Å². The van der Waals surface area contributed by atoms with Gasteiger partial charge < -0.3 is 4.42 Å². The molecule has 0 saturated heterocycles. The molecule has 0 amide bonds. The van der Waals surface area contributed by atoms with Gasteiger partial charge in [-0.3, -0.25) is 0 Å². The Labute approximate surface area is 313 Å². The zero-order valence-electron chi connectivity index (χ0n) is 28.9. The van der Waals surface area contributed by atoms with E-state index >= 15 is 0 Å². The highest BCUT2D eigenvalue weighted by molar-refractivity contribution is 7.26. The molecule has 4 heteroatoms. The molecule has 54 heavy (non-hydrogen) atoms. The van der Waals surface area contributed by atoms with E-state index in [0.717, 1.165) is 65.5 Å². The third-order valence-electron chi connectivity index (χ3n) is 11.1. The Hall–Kier alpha value is -6.88. The summed E-state index contributed by atoms with van der Waals surface area (Å²) in [6, 6.07) is 60.8. The third kappa shape index (κ3) is 4.41. The molecule has 9 aromatic carbocycles. The zero-order valence-corrected chi connectivity index (χ0v) is 29.7. The number of nitrogens with zero attached hydrogens (tertiary/aromatic N) is 2. The topological polar surface area (TPSA) is 38.9 Å². The van der Waals surface area contributed by atoms with Gasteiger partial charge in [-0.2, -0.15) is 0 Å². The van der Waals surface area contributed by atoms with Gasteiger partial charge in [0.25, 0.3) is 0 Å². The Balaban J connectivity index is 1.02. The first-order valence-corrected chi connectivity index (χ1v) is 19.0. The molecule has 0 aliphatic heterocycles. The maximum absolute atomic E-state index is 6.62.